The molecule has 4 rings (SSSR count). The van der Waals surface area contributed by atoms with Crippen LogP contribution in [0, 0.1) is 0 Å². The third-order valence-electron chi connectivity index (χ3n) is 4.28. The van der Waals surface area contributed by atoms with E-state index in [-0.39, 0.29) is 24.5 Å². The molecule has 0 unspecified atom stereocenters. The summed E-state index contributed by atoms with van der Waals surface area (Å²) in [5.74, 6) is 0.660. The van der Waals surface area contributed by atoms with Gasteiger partial charge in [0.25, 0.3) is 0 Å². The lowest BCUT2D eigenvalue weighted by Crippen LogP contribution is -2.27. The highest BCUT2D eigenvalue weighted by molar-refractivity contribution is 5.79. The molecule has 1 fully saturated rings. The van der Waals surface area contributed by atoms with E-state index in [1.807, 2.05) is 0 Å². The summed E-state index contributed by atoms with van der Waals surface area (Å²) in [5.41, 5.74) is 0.374. The molecule has 1 aromatic carbocycles. The van der Waals surface area contributed by atoms with Crippen molar-refractivity contribution in [1.82, 2.24) is 9.55 Å². The molecule has 25 heavy (non-hydrogen) atoms. The minimum atomic E-state index is -0.838. The minimum Gasteiger partial charge on any atom is -0.508 e. The van der Waals surface area contributed by atoms with Crippen molar-refractivity contribution in [3.63, 3.8) is 0 Å². The smallest absolute Gasteiger partial charge is 0.353 e. The molecule has 3 aromatic rings. The number of furan rings is 1. The van der Waals surface area contributed by atoms with E-state index in [0.29, 0.717) is 11.1 Å². The molecule has 8 heteroatoms. The number of phenols is 1. The summed E-state index contributed by atoms with van der Waals surface area (Å²) < 4.78 is 12.4. The predicted molar refractivity (Wildman–Crippen MR) is 87.0 cm³/mol. The van der Waals surface area contributed by atoms with E-state index in [2.05, 4.69) is 4.98 Å². The highest BCUT2D eigenvalue weighted by Gasteiger charge is 2.35. The zero-order valence-electron chi connectivity index (χ0n) is 13.1. The van der Waals surface area contributed by atoms with Crippen molar-refractivity contribution in [1.29, 1.82) is 0 Å². The SMILES string of the molecule is O=c1nc2oc(-c3ccc(O)cc3)cc2cn1[C@H]1C[C@H](O)[C@@H](CO)O1. The van der Waals surface area contributed by atoms with Crippen LogP contribution in [0.5, 0.6) is 5.75 Å². The molecule has 0 bridgehead atoms. The van der Waals surface area contributed by atoms with Gasteiger partial charge < -0.3 is 24.5 Å². The van der Waals surface area contributed by atoms with E-state index in [0.717, 1.165) is 5.56 Å². The highest BCUT2D eigenvalue weighted by atomic mass is 16.5. The van der Waals surface area contributed by atoms with E-state index >= 15 is 0 Å². The van der Waals surface area contributed by atoms with Gasteiger partial charge in [-0.25, -0.2) is 4.79 Å². The number of aromatic hydroxyl groups is 1. The molecule has 3 N–H and O–H groups in total. The fourth-order valence-electron chi connectivity index (χ4n) is 2.95. The summed E-state index contributed by atoms with van der Waals surface area (Å²) in [6.07, 6.45) is -0.487. The summed E-state index contributed by atoms with van der Waals surface area (Å²) in [7, 11) is 0. The van der Waals surface area contributed by atoms with Gasteiger partial charge in [0.2, 0.25) is 5.71 Å². The van der Waals surface area contributed by atoms with Gasteiger partial charge in [0.15, 0.2) is 0 Å². The van der Waals surface area contributed by atoms with Crippen LogP contribution in [-0.2, 0) is 4.74 Å². The topological polar surface area (TPSA) is 118 Å². The van der Waals surface area contributed by atoms with Crippen LogP contribution < -0.4 is 5.69 Å². The maximum Gasteiger partial charge on any atom is 0.353 e. The molecule has 130 valence electrons. The van der Waals surface area contributed by atoms with E-state index in [4.69, 9.17) is 9.15 Å². The summed E-state index contributed by atoms with van der Waals surface area (Å²) in [5, 5.41) is 29.0. The maximum atomic E-state index is 12.2. The van der Waals surface area contributed by atoms with Crippen LogP contribution in [-0.4, -0.2) is 43.7 Å². The lowest BCUT2D eigenvalue weighted by atomic mass is 10.1. The Morgan fingerprint density at radius 3 is 2.72 bits per heavy atom. The van der Waals surface area contributed by atoms with Gasteiger partial charge >= 0.3 is 5.69 Å². The van der Waals surface area contributed by atoms with Crippen molar-refractivity contribution in [3.05, 3.63) is 47.0 Å². The van der Waals surface area contributed by atoms with Gasteiger partial charge in [0.1, 0.15) is 23.8 Å². The van der Waals surface area contributed by atoms with Crippen molar-refractivity contribution in [3.8, 4) is 17.1 Å². The number of fused-ring (bicyclic) bond motifs is 1. The maximum absolute atomic E-state index is 12.2. The average Bonchev–Trinajstić information content (AvgIpc) is 3.17. The normalized spacial score (nSPS) is 23.4. The molecular formula is C17H16N2O6. The van der Waals surface area contributed by atoms with Crippen LogP contribution in [0.1, 0.15) is 12.6 Å². The van der Waals surface area contributed by atoms with E-state index < -0.39 is 24.1 Å². The summed E-state index contributed by atoms with van der Waals surface area (Å²) in [6.45, 7) is -0.321. The van der Waals surface area contributed by atoms with Crippen molar-refractivity contribution < 1.29 is 24.5 Å². The number of hydrogen-bond acceptors (Lipinski definition) is 7. The van der Waals surface area contributed by atoms with Crippen LogP contribution in [0.3, 0.4) is 0 Å². The summed E-state index contributed by atoms with van der Waals surface area (Å²) in [6, 6.07) is 8.21. The van der Waals surface area contributed by atoms with Crippen LogP contribution in [0.2, 0.25) is 0 Å². The number of aliphatic hydroxyl groups is 2. The Bertz CT molecular complexity index is 961. The number of ether oxygens (including phenoxy) is 1. The first-order valence-corrected chi connectivity index (χ1v) is 7.81. The number of benzene rings is 1. The van der Waals surface area contributed by atoms with E-state index in [1.54, 1.807) is 24.4 Å². The monoisotopic (exact) mass is 344 g/mol. The number of nitrogens with zero attached hydrogens (tertiary/aromatic N) is 2. The third kappa shape index (κ3) is 2.80. The quantitative estimate of drug-likeness (QED) is 0.649. The van der Waals surface area contributed by atoms with Gasteiger partial charge in [-0.05, 0) is 30.3 Å². The second kappa shape index (κ2) is 5.99. The molecule has 1 aliphatic rings. The molecule has 0 spiro atoms. The van der Waals surface area contributed by atoms with Crippen molar-refractivity contribution in [2.75, 3.05) is 6.61 Å². The van der Waals surface area contributed by atoms with E-state index in [9.17, 15) is 20.1 Å². The first kappa shape index (κ1) is 15.8. The minimum absolute atomic E-state index is 0.146. The van der Waals surface area contributed by atoms with Gasteiger partial charge in [0, 0.05) is 18.2 Å². The fourth-order valence-corrected chi connectivity index (χ4v) is 2.95. The Hall–Kier alpha value is -2.68. The molecule has 1 aliphatic heterocycles. The standard InChI is InChI=1S/C17H16N2O6/c20-8-14-12(22)6-15(24-14)19-7-10-5-13(25-16(10)18-17(19)23)9-1-3-11(21)4-2-9/h1-5,7,12,14-15,20-22H,6,8H2/t12-,14+,15+/m0/s1. The van der Waals surface area contributed by atoms with Crippen LogP contribution in [0.4, 0.5) is 0 Å². The number of hydrogen-bond donors (Lipinski definition) is 3. The fraction of sp³-hybridized carbons (Fsp3) is 0.294. The summed E-state index contributed by atoms with van der Waals surface area (Å²) >= 11 is 0. The van der Waals surface area contributed by atoms with Gasteiger partial charge in [-0.15, -0.1) is 0 Å². The van der Waals surface area contributed by atoms with Gasteiger partial charge in [-0.3, -0.25) is 4.57 Å². The predicted octanol–water partition coefficient (Wildman–Crippen LogP) is 1.00. The highest BCUT2D eigenvalue weighted by Crippen LogP contribution is 2.30. The molecule has 3 heterocycles. The van der Waals surface area contributed by atoms with Gasteiger partial charge in [0.05, 0.1) is 18.1 Å². The molecule has 1 saturated heterocycles. The van der Waals surface area contributed by atoms with Crippen molar-refractivity contribution >= 4 is 11.1 Å². The zero-order chi connectivity index (χ0) is 17.6. The van der Waals surface area contributed by atoms with Crippen LogP contribution in [0.15, 0.2) is 45.7 Å². The Morgan fingerprint density at radius 2 is 2.04 bits per heavy atom. The van der Waals surface area contributed by atoms with E-state index in [1.165, 1.54) is 16.7 Å². The molecule has 0 aliphatic carbocycles. The first-order valence-electron chi connectivity index (χ1n) is 7.81. The number of aromatic nitrogens is 2. The van der Waals surface area contributed by atoms with Gasteiger partial charge in [-0.1, -0.05) is 0 Å². The van der Waals surface area contributed by atoms with Crippen molar-refractivity contribution in [2.24, 2.45) is 0 Å². The molecule has 0 amide bonds. The zero-order valence-corrected chi connectivity index (χ0v) is 13.1. The first-order chi connectivity index (χ1) is 12.0. The molecule has 0 saturated carbocycles. The number of rotatable bonds is 3. The molecule has 3 atom stereocenters. The third-order valence-corrected chi connectivity index (χ3v) is 4.28. The Kier molecular flexibility index (Phi) is 3.79. The van der Waals surface area contributed by atoms with Crippen molar-refractivity contribution in [2.45, 2.75) is 24.9 Å². The molecule has 0 radical (unpaired) electrons. The lowest BCUT2D eigenvalue weighted by molar-refractivity contribution is -0.0457. The second-order valence-electron chi connectivity index (χ2n) is 5.96. The lowest BCUT2D eigenvalue weighted by Gasteiger charge is -2.13. The number of phenolic OH excluding ortho intramolecular Hbond substituents is 1. The largest absolute Gasteiger partial charge is 0.508 e. The average molecular weight is 344 g/mol. The Labute approximate surface area is 141 Å². The molecular weight excluding hydrogens is 328 g/mol. The number of aliphatic hydroxyl groups excluding tert-OH is 2. The molecule has 8 nitrogen and oxygen atoms in total. The van der Waals surface area contributed by atoms with Crippen LogP contribution >= 0.6 is 0 Å². The molecule has 2 aromatic heterocycles. The van der Waals surface area contributed by atoms with Crippen LogP contribution in [0.25, 0.3) is 22.4 Å². The second-order valence-corrected chi connectivity index (χ2v) is 5.96. The summed E-state index contributed by atoms with van der Waals surface area (Å²) in [4.78, 5) is 16.2. The van der Waals surface area contributed by atoms with Gasteiger partial charge in [-0.2, -0.15) is 4.98 Å². The Morgan fingerprint density at radius 1 is 1.28 bits per heavy atom. The Balaban J connectivity index is 1.72.